The van der Waals surface area contributed by atoms with E-state index in [1.54, 1.807) is 12.1 Å². The number of nitrogens with two attached hydrogens (primary N) is 1. The Bertz CT molecular complexity index is 542. The van der Waals surface area contributed by atoms with Crippen LogP contribution in [0.15, 0.2) is 29.3 Å². The highest BCUT2D eigenvalue weighted by Gasteiger charge is 2.47. The lowest BCUT2D eigenvalue weighted by Gasteiger charge is -2.46. The third kappa shape index (κ3) is 2.07. The summed E-state index contributed by atoms with van der Waals surface area (Å²) in [5.41, 5.74) is 6.87. The smallest absolute Gasteiger partial charge is 0.196 e. The summed E-state index contributed by atoms with van der Waals surface area (Å²) in [6.45, 7) is 5.33. The van der Waals surface area contributed by atoms with Crippen LogP contribution >= 0.6 is 0 Å². The molecule has 3 unspecified atom stereocenters. The van der Waals surface area contributed by atoms with Gasteiger partial charge >= 0.3 is 0 Å². The van der Waals surface area contributed by atoms with Gasteiger partial charge in [-0.15, -0.1) is 0 Å². The van der Waals surface area contributed by atoms with Crippen molar-refractivity contribution in [3.8, 4) is 0 Å². The molecule has 2 N–H and O–H groups in total. The predicted octanol–water partition coefficient (Wildman–Crippen LogP) is 3.16. The van der Waals surface area contributed by atoms with Gasteiger partial charge in [0.2, 0.25) is 0 Å². The first-order valence-corrected chi connectivity index (χ1v) is 7.37. The highest BCUT2D eigenvalue weighted by atomic mass is 19.1. The minimum absolute atomic E-state index is 0.0518. The molecule has 1 heterocycles. The van der Waals surface area contributed by atoms with Crippen LogP contribution < -0.4 is 10.6 Å². The molecule has 1 saturated carbocycles. The first-order chi connectivity index (χ1) is 9.52. The number of anilines is 1. The molecule has 0 amide bonds. The summed E-state index contributed by atoms with van der Waals surface area (Å²) < 4.78 is 13.5. The molecule has 1 aromatic carbocycles. The van der Waals surface area contributed by atoms with Gasteiger partial charge in [-0.25, -0.2) is 4.39 Å². The fourth-order valence-corrected chi connectivity index (χ4v) is 3.66. The lowest BCUT2D eigenvalue weighted by molar-refractivity contribution is 0.189. The van der Waals surface area contributed by atoms with Crippen molar-refractivity contribution in [2.24, 2.45) is 22.6 Å². The van der Waals surface area contributed by atoms with Gasteiger partial charge in [0.25, 0.3) is 0 Å². The Morgan fingerprint density at radius 2 is 2.15 bits per heavy atom. The Kier molecular flexibility index (Phi) is 3.19. The average molecular weight is 275 g/mol. The third-order valence-electron chi connectivity index (χ3n) is 5.04. The van der Waals surface area contributed by atoms with E-state index in [-0.39, 0.29) is 11.4 Å². The molecule has 108 valence electrons. The Labute approximate surface area is 119 Å². The fraction of sp³-hybridized carbons (Fsp3) is 0.562. The molecule has 0 aromatic heterocycles. The lowest BCUT2D eigenvalue weighted by Crippen LogP contribution is -2.55. The molecule has 2 aliphatic rings. The van der Waals surface area contributed by atoms with Crippen molar-refractivity contribution in [2.45, 2.75) is 38.6 Å². The van der Waals surface area contributed by atoms with Crippen LogP contribution in [0, 0.1) is 17.7 Å². The SMILES string of the molecule is CC1CCC2(CN=C(N)N2c2cccc(F)c2)CC1C. The largest absolute Gasteiger partial charge is 0.369 e. The normalized spacial score (nSPS) is 33.5. The number of hydrogen-bond acceptors (Lipinski definition) is 3. The number of guanidine groups is 1. The van der Waals surface area contributed by atoms with Gasteiger partial charge in [-0.05, 0) is 49.3 Å². The molecule has 3 nitrogen and oxygen atoms in total. The van der Waals surface area contributed by atoms with Crippen LogP contribution in [-0.4, -0.2) is 18.0 Å². The number of aliphatic imine (C=N–C) groups is 1. The molecule has 1 aliphatic carbocycles. The van der Waals surface area contributed by atoms with Gasteiger partial charge in [-0.2, -0.15) is 0 Å². The number of benzene rings is 1. The van der Waals surface area contributed by atoms with E-state index >= 15 is 0 Å². The van der Waals surface area contributed by atoms with Gasteiger partial charge < -0.3 is 10.6 Å². The van der Waals surface area contributed by atoms with Gasteiger partial charge in [0.15, 0.2) is 5.96 Å². The van der Waals surface area contributed by atoms with Crippen LogP contribution in [0.5, 0.6) is 0 Å². The van der Waals surface area contributed by atoms with Crippen molar-refractivity contribution in [3.63, 3.8) is 0 Å². The van der Waals surface area contributed by atoms with Crippen LogP contribution in [0.25, 0.3) is 0 Å². The second kappa shape index (κ2) is 4.76. The zero-order chi connectivity index (χ0) is 14.3. The van der Waals surface area contributed by atoms with Gasteiger partial charge in [0.05, 0.1) is 12.1 Å². The summed E-state index contributed by atoms with van der Waals surface area (Å²) in [7, 11) is 0. The van der Waals surface area contributed by atoms with Gasteiger partial charge in [-0.3, -0.25) is 4.99 Å². The highest BCUT2D eigenvalue weighted by molar-refractivity contribution is 5.98. The zero-order valence-electron chi connectivity index (χ0n) is 12.1. The summed E-state index contributed by atoms with van der Waals surface area (Å²) in [6, 6.07) is 6.67. The second-order valence-electron chi connectivity index (χ2n) is 6.41. The van der Waals surface area contributed by atoms with Gasteiger partial charge in [-0.1, -0.05) is 19.9 Å². The number of halogens is 1. The molecule has 0 radical (unpaired) electrons. The van der Waals surface area contributed by atoms with Gasteiger partial charge in [0.1, 0.15) is 5.82 Å². The molecular formula is C16H22FN3. The van der Waals surface area contributed by atoms with E-state index in [0.717, 1.165) is 31.0 Å². The van der Waals surface area contributed by atoms with Crippen molar-refractivity contribution in [3.05, 3.63) is 30.1 Å². The predicted molar refractivity (Wildman–Crippen MR) is 80.3 cm³/mol. The van der Waals surface area contributed by atoms with Crippen LogP contribution in [0.4, 0.5) is 10.1 Å². The van der Waals surface area contributed by atoms with Crippen LogP contribution in [0.3, 0.4) is 0 Å². The summed E-state index contributed by atoms with van der Waals surface area (Å²) in [5, 5.41) is 0. The van der Waals surface area contributed by atoms with Crippen LogP contribution in [-0.2, 0) is 0 Å². The van der Waals surface area contributed by atoms with E-state index in [1.807, 2.05) is 6.07 Å². The first kappa shape index (κ1) is 13.4. The van der Waals surface area contributed by atoms with Crippen molar-refractivity contribution in [1.82, 2.24) is 0 Å². The van der Waals surface area contributed by atoms with E-state index in [0.29, 0.717) is 11.9 Å². The molecule has 1 fully saturated rings. The summed E-state index contributed by atoms with van der Waals surface area (Å²) in [6.07, 6.45) is 3.31. The molecule has 4 heteroatoms. The summed E-state index contributed by atoms with van der Waals surface area (Å²) in [5.74, 6) is 1.67. The highest BCUT2D eigenvalue weighted by Crippen LogP contribution is 2.44. The van der Waals surface area contributed by atoms with Crippen molar-refractivity contribution in [1.29, 1.82) is 0 Å². The number of rotatable bonds is 1. The van der Waals surface area contributed by atoms with E-state index < -0.39 is 0 Å². The molecular weight excluding hydrogens is 253 g/mol. The second-order valence-corrected chi connectivity index (χ2v) is 6.41. The monoisotopic (exact) mass is 275 g/mol. The molecule has 3 atom stereocenters. The molecule has 0 saturated heterocycles. The van der Waals surface area contributed by atoms with Crippen molar-refractivity contribution >= 4 is 11.6 Å². The molecule has 1 spiro atoms. The lowest BCUT2D eigenvalue weighted by atomic mass is 9.70. The van der Waals surface area contributed by atoms with E-state index in [9.17, 15) is 4.39 Å². The average Bonchev–Trinajstić information content (AvgIpc) is 2.72. The quantitative estimate of drug-likeness (QED) is 0.855. The Morgan fingerprint density at radius 1 is 1.35 bits per heavy atom. The fourth-order valence-electron chi connectivity index (χ4n) is 3.66. The molecule has 20 heavy (non-hydrogen) atoms. The van der Waals surface area contributed by atoms with Crippen molar-refractivity contribution < 1.29 is 4.39 Å². The van der Waals surface area contributed by atoms with Crippen LogP contribution in [0.2, 0.25) is 0 Å². The molecule has 3 rings (SSSR count). The third-order valence-corrected chi connectivity index (χ3v) is 5.04. The Morgan fingerprint density at radius 3 is 2.85 bits per heavy atom. The Hall–Kier alpha value is -1.58. The van der Waals surface area contributed by atoms with Gasteiger partial charge in [0, 0.05) is 5.69 Å². The minimum atomic E-state index is -0.227. The summed E-state index contributed by atoms with van der Waals surface area (Å²) in [4.78, 5) is 6.53. The standard InChI is InChI=1S/C16H22FN3/c1-11-6-7-16(9-12(11)2)10-19-15(18)20(16)14-5-3-4-13(17)8-14/h3-5,8,11-12H,6-7,9-10H2,1-2H3,(H2,18,19). The maximum Gasteiger partial charge on any atom is 0.196 e. The maximum absolute atomic E-state index is 13.5. The first-order valence-electron chi connectivity index (χ1n) is 7.37. The van der Waals surface area contributed by atoms with Crippen molar-refractivity contribution in [2.75, 3.05) is 11.4 Å². The number of hydrogen-bond donors (Lipinski definition) is 1. The zero-order valence-corrected chi connectivity index (χ0v) is 12.1. The van der Waals surface area contributed by atoms with E-state index in [1.165, 1.54) is 12.5 Å². The van der Waals surface area contributed by atoms with E-state index in [2.05, 4.69) is 23.7 Å². The molecule has 1 aliphatic heterocycles. The molecule has 1 aromatic rings. The topological polar surface area (TPSA) is 41.6 Å². The summed E-state index contributed by atoms with van der Waals surface area (Å²) >= 11 is 0. The maximum atomic E-state index is 13.5. The minimum Gasteiger partial charge on any atom is -0.369 e. The Balaban J connectivity index is 1.96. The van der Waals surface area contributed by atoms with Crippen LogP contribution in [0.1, 0.15) is 33.1 Å². The van der Waals surface area contributed by atoms with E-state index in [4.69, 9.17) is 5.73 Å². The number of nitrogens with zero attached hydrogens (tertiary/aromatic N) is 2. The molecule has 0 bridgehead atoms.